The number of rotatable bonds is 7. The minimum Gasteiger partial charge on any atom is -0.373 e. The van der Waals surface area contributed by atoms with Crippen molar-refractivity contribution in [3.05, 3.63) is 18.2 Å². The van der Waals surface area contributed by atoms with Crippen LogP contribution in [0.2, 0.25) is 0 Å². The molecule has 0 amide bonds. The summed E-state index contributed by atoms with van der Waals surface area (Å²) < 4.78 is 7.96. The molecule has 1 unspecified atom stereocenters. The van der Waals surface area contributed by atoms with Crippen LogP contribution in [-0.4, -0.2) is 47.9 Å². The summed E-state index contributed by atoms with van der Waals surface area (Å²) in [5, 5.41) is 6.73. The van der Waals surface area contributed by atoms with Crippen LogP contribution in [-0.2, 0) is 11.3 Å². The van der Waals surface area contributed by atoms with Gasteiger partial charge >= 0.3 is 0 Å². The summed E-state index contributed by atoms with van der Waals surface area (Å²) in [4.78, 5) is 8.50. The van der Waals surface area contributed by atoms with Crippen molar-refractivity contribution in [1.29, 1.82) is 0 Å². The number of guanidine groups is 1. The van der Waals surface area contributed by atoms with E-state index in [0.29, 0.717) is 0 Å². The van der Waals surface area contributed by atoms with E-state index in [1.54, 1.807) is 0 Å². The van der Waals surface area contributed by atoms with Gasteiger partial charge in [0, 0.05) is 45.7 Å². The number of hydrogen-bond acceptors (Lipinski definition) is 3. The first-order chi connectivity index (χ1) is 10.6. The van der Waals surface area contributed by atoms with E-state index in [9.17, 15) is 0 Å². The lowest BCUT2D eigenvalue weighted by molar-refractivity contribution is 0.0243. The molecule has 1 saturated heterocycles. The largest absolute Gasteiger partial charge is 0.373 e. The van der Waals surface area contributed by atoms with E-state index >= 15 is 0 Å². The van der Waals surface area contributed by atoms with E-state index in [0.717, 1.165) is 63.7 Å². The minimum atomic E-state index is -0.0451. The molecule has 0 bridgehead atoms. The highest BCUT2D eigenvalue weighted by molar-refractivity contribution is 14.0. The summed E-state index contributed by atoms with van der Waals surface area (Å²) in [6.07, 6.45) is 8.38. The van der Waals surface area contributed by atoms with Crippen LogP contribution in [0.1, 0.15) is 38.4 Å². The van der Waals surface area contributed by atoms with Crippen molar-refractivity contribution in [2.75, 3.05) is 26.7 Å². The first-order valence-corrected chi connectivity index (χ1v) is 8.19. The van der Waals surface area contributed by atoms with Crippen LogP contribution in [0, 0.1) is 6.92 Å². The Morgan fingerprint density at radius 1 is 1.43 bits per heavy atom. The van der Waals surface area contributed by atoms with Crippen molar-refractivity contribution in [3.8, 4) is 0 Å². The van der Waals surface area contributed by atoms with Gasteiger partial charge in [-0.25, -0.2) is 4.98 Å². The Balaban J connectivity index is 0.00000264. The van der Waals surface area contributed by atoms with Crippen molar-refractivity contribution in [2.24, 2.45) is 4.99 Å². The van der Waals surface area contributed by atoms with Crippen LogP contribution < -0.4 is 10.6 Å². The zero-order valence-electron chi connectivity index (χ0n) is 14.5. The van der Waals surface area contributed by atoms with Crippen molar-refractivity contribution in [1.82, 2.24) is 20.2 Å². The molecular weight excluding hydrogens is 405 g/mol. The molecule has 23 heavy (non-hydrogen) atoms. The van der Waals surface area contributed by atoms with Crippen LogP contribution in [0.25, 0.3) is 0 Å². The molecule has 2 rings (SSSR count). The fraction of sp³-hybridized carbons (Fsp3) is 0.750. The molecule has 1 aromatic heterocycles. The van der Waals surface area contributed by atoms with E-state index in [1.165, 1.54) is 0 Å². The van der Waals surface area contributed by atoms with E-state index < -0.39 is 0 Å². The first-order valence-electron chi connectivity index (χ1n) is 8.19. The van der Waals surface area contributed by atoms with Gasteiger partial charge in [-0.3, -0.25) is 4.99 Å². The highest BCUT2D eigenvalue weighted by Crippen LogP contribution is 2.23. The number of imidazole rings is 1. The molecule has 0 aromatic carbocycles. The number of aromatic nitrogens is 2. The number of hydrogen-bond donors (Lipinski definition) is 2. The zero-order valence-corrected chi connectivity index (χ0v) is 16.8. The maximum atomic E-state index is 5.78. The van der Waals surface area contributed by atoms with Crippen LogP contribution in [0.15, 0.2) is 17.4 Å². The van der Waals surface area contributed by atoms with Gasteiger partial charge in [0.05, 0.1) is 5.60 Å². The molecule has 7 heteroatoms. The SMILES string of the molecule is CN=C(NCCCCn1ccnc1C)NCC1(C)CCCO1.I. The van der Waals surface area contributed by atoms with Crippen molar-refractivity contribution in [2.45, 2.75) is 51.7 Å². The van der Waals surface area contributed by atoms with E-state index in [4.69, 9.17) is 4.74 Å². The number of ether oxygens (including phenoxy) is 1. The molecule has 1 aliphatic rings. The van der Waals surface area contributed by atoms with E-state index in [-0.39, 0.29) is 29.6 Å². The van der Waals surface area contributed by atoms with Crippen molar-refractivity contribution in [3.63, 3.8) is 0 Å². The lowest BCUT2D eigenvalue weighted by atomic mass is 10.0. The number of aliphatic imine (C=N–C) groups is 1. The average molecular weight is 435 g/mol. The van der Waals surface area contributed by atoms with Gasteiger partial charge in [-0.05, 0) is 39.5 Å². The second-order valence-corrected chi connectivity index (χ2v) is 6.13. The Morgan fingerprint density at radius 3 is 2.87 bits per heavy atom. The molecule has 1 aromatic rings. The first kappa shape index (κ1) is 20.2. The fourth-order valence-electron chi connectivity index (χ4n) is 2.72. The van der Waals surface area contributed by atoms with Crippen LogP contribution in [0.3, 0.4) is 0 Å². The maximum Gasteiger partial charge on any atom is 0.191 e. The molecule has 1 fully saturated rings. The van der Waals surface area contributed by atoms with Gasteiger partial charge in [-0.1, -0.05) is 0 Å². The monoisotopic (exact) mass is 435 g/mol. The smallest absolute Gasteiger partial charge is 0.191 e. The van der Waals surface area contributed by atoms with Gasteiger partial charge < -0.3 is 19.9 Å². The highest BCUT2D eigenvalue weighted by Gasteiger charge is 2.29. The predicted molar refractivity (Wildman–Crippen MR) is 105 cm³/mol. The zero-order chi connectivity index (χ0) is 15.8. The molecule has 2 heterocycles. The fourth-order valence-corrected chi connectivity index (χ4v) is 2.72. The quantitative estimate of drug-likeness (QED) is 0.299. The molecular formula is C16H30IN5O. The molecule has 2 N–H and O–H groups in total. The van der Waals surface area contributed by atoms with Gasteiger partial charge in [0.2, 0.25) is 0 Å². The van der Waals surface area contributed by atoms with Crippen LogP contribution in [0.5, 0.6) is 0 Å². The van der Waals surface area contributed by atoms with E-state index in [1.807, 2.05) is 26.4 Å². The van der Waals surface area contributed by atoms with Gasteiger partial charge in [-0.2, -0.15) is 0 Å². The van der Waals surface area contributed by atoms with E-state index in [2.05, 4.69) is 32.1 Å². The number of aryl methyl sites for hydroxylation is 2. The minimum absolute atomic E-state index is 0. The Bertz CT molecular complexity index is 483. The summed E-state index contributed by atoms with van der Waals surface area (Å²) in [5.41, 5.74) is -0.0451. The van der Waals surface area contributed by atoms with Crippen molar-refractivity contribution < 1.29 is 4.74 Å². The normalized spacial score (nSPS) is 21.1. The third-order valence-corrected chi connectivity index (χ3v) is 4.20. The Morgan fingerprint density at radius 2 is 2.26 bits per heavy atom. The van der Waals surface area contributed by atoms with Gasteiger partial charge in [0.1, 0.15) is 5.82 Å². The van der Waals surface area contributed by atoms with Gasteiger partial charge in [0.25, 0.3) is 0 Å². The second-order valence-electron chi connectivity index (χ2n) is 6.13. The second kappa shape index (κ2) is 10.1. The Hall–Kier alpha value is -0.830. The maximum absolute atomic E-state index is 5.78. The Labute approximate surface area is 156 Å². The lowest BCUT2D eigenvalue weighted by Gasteiger charge is -2.24. The molecule has 0 spiro atoms. The van der Waals surface area contributed by atoms with Crippen molar-refractivity contribution >= 4 is 29.9 Å². The topological polar surface area (TPSA) is 63.5 Å². The molecule has 1 aliphatic heterocycles. The summed E-state index contributed by atoms with van der Waals surface area (Å²) in [7, 11) is 1.81. The molecule has 0 saturated carbocycles. The third-order valence-electron chi connectivity index (χ3n) is 4.20. The summed E-state index contributed by atoms with van der Waals surface area (Å²) in [5.74, 6) is 1.94. The number of nitrogens with zero attached hydrogens (tertiary/aromatic N) is 3. The summed E-state index contributed by atoms with van der Waals surface area (Å²) >= 11 is 0. The molecule has 1 atom stereocenters. The number of nitrogens with one attached hydrogen (secondary N) is 2. The summed E-state index contributed by atoms with van der Waals surface area (Å²) in [6, 6.07) is 0. The number of halogens is 1. The van der Waals surface area contributed by atoms with Gasteiger partial charge in [0.15, 0.2) is 5.96 Å². The molecule has 132 valence electrons. The highest BCUT2D eigenvalue weighted by atomic mass is 127. The standard InChI is InChI=1S/C16H29N5O.HI/c1-14-18-9-11-21(14)10-5-4-8-19-15(17-3)20-13-16(2)7-6-12-22-16;/h9,11H,4-8,10,12-13H2,1-3H3,(H2,17,19,20);1H. The third kappa shape index (κ3) is 6.66. The molecule has 0 radical (unpaired) electrons. The Kier molecular flexibility index (Phi) is 8.90. The predicted octanol–water partition coefficient (Wildman–Crippen LogP) is 2.32. The number of unbranched alkanes of at least 4 members (excludes halogenated alkanes) is 1. The average Bonchev–Trinajstić information content (AvgIpc) is 3.11. The lowest BCUT2D eigenvalue weighted by Crippen LogP contribution is -2.45. The van der Waals surface area contributed by atoms with Gasteiger partial charge in [-0.15, -0.1) is 24.0 Å². The summed E-state index contributed by atoms with van der Waals surface area (Å²) in [6.45, 7) is 7.82. The molecule has 6 nitrogen and oxygen atoms in total. The molecule has 0 aliphatic carbocycles. The van der Waals surface area contributed by atoms with Crippen LogP contribution in [0.4, 0.5) is 0 Å². The van der Waals surface area contributed by atoms with Crippen LogP contribution >= 0.6 is 24.0 Å².